The lowest BCUT2D eigenvalue weighted by atomic mass is 10.1. The SMILES string of the molecule is Cc1ccc(N(CC(=O)NCc2ccc(CN3CCCC3=O)cc2)S(C)(=O)=O)c(C)c1. The van der Waals surface area contributed by atoms with Crippen LogP contribution in [-0.2, 0) is 32.7 Å². The Bertz CT molecular complexity index is 1060. The molecule has 8 heteroatoms. The molecule has 2 aromatic carbocycles. The van der Waals surface area contributed by atoms with Crippen molar-refractivity contribution in [2.75, 3.05) is 23.7 Å². The smallest absolute Gasteiger partial charge is 0.241 e. The summed E-state index contributed by atoms with van der Waals surface area (Å²) in [6, 6.07) is 13.2. The van der Waals surface area contributed by atoms with E-state index in [4.69, 9.17) is 0 Å². The van der Waals surface area contributed by atoms with Crippen molar-refractivity contribution in [3.05, 3.63) is 64.7 Å². The Labute approximate surface area is 184 Å². The van der Waals surface area contributed by atoms with Crippen molar-refractivity contribution in [3.8, 4) is 0 Å². The van der Waals surface area contributed by atoms with Gasteiger partial charge in [0.25, 0.3) is 0 Å². The van der Waals surface area contributed by atoms with Gasteiger partial charge in [0, 0.05) is 26.1 Å². The fourth-order valence-electron chi connectivity index (χ4n) is 3.71. The summed E-state index contributed by atoms with van der Waals surface area (Å²) in [6.07, 6.45) is 2.63. The molecule has 1 aliphatic heterocycles. The van der Waals surface area contributed by atoms with Gasteiger partial charge in [-0.3, -0.25) is 13.9 Å². The Morgan fingerprint density at radius 1 is 1.10 bits per heavy atom. The van der Waals surface area contributed by atoms with E-state index in [-0.39, 0.29) is 18.4 Å². The number of nitrogens with zero attached hydrogens (tertiary/aromatic N) is 2. The van der Waals surface area contributed by atoms with Gasteiger partial charge in [0.2, 0.25) is 21.8 Å². The highest BCUT2D eigenvalue weighted by atomic mass is 32.2. The number of benzene rings is 2. The molecule has 3 rings (SSSR count). The molecule has 1 heterocycles. The molecule has 2 aromatic rings. The monoisotopic (exact) mass is 443 g/mol. The van der Waals surface area contributed by atoms with Gasteiger partial charge in [-0.25, -0.2) is 8.42 Å². The van der Waals surface area contributed by atoms with Crippen LogP contribution in [0.5, 0.6) is 0 Å². The van der Waals surface area contributed by atoms with Gasteiger partial charge >= 0.3 is 0 Å². The molecule has 166 valence electrons. The molecule has 0 atom stereocenters. The lowest BCUT2D eigenvalue weighted by molar-refractivity contribution is -0.128. The van der Waals surface area contributed by atoms with Crippen molar-refractivity contribution in [3.63, 3.8) is 0 Å². The first-order valence-electron chi connectivity index (χ1n) is 10.3. The van der Waals surface area contributed by atoms with E-state index in [1.54, 1.807) is 6.07 Å². The van der Waals surface area contributed by atoms with Crippen molar-refractivity contribution in [1.29, 1.82) is 0 Å². The largest absolute Gasteiger partial charge is 0.350 e. The lowest BCUT2D eigenvalue weighted by Crippen LogP contribution is -2.40. The van der Waals surface area contributed by atoms with Gasteiger partial charge in [-0.15, -0.1) is 0 Å². The summed E-state index contributed by atoms with van der Waals surface area (Å²) in [4.78, 5) is 26.1. The summed E-state index contributed by atoms with van der Waals surface area (Å²) in [5.74, 6) is -0.187. The first kappa shape index (κ1) is 22.8. The molecule has 1 aliphatic rings. The van der Waals surface area contributed by atoms with Crippen LogP contribution in [0.2, 0.25) is 0 Å². The van der Waals surface area contributed by atoms with Crippen LogP contribution in [0, 0.1) is 13.8 Å². The molecule has 2 amide bonds. The first-order chi connectivity index (χ1) is 14.6. The zero-order valence-corrected chi connectivity index (χ0v) is 19.0. The zero-order chi connectivity index (χ0) is 22.6. The highest BCUT2D eigenvalue weighted by Crippen LogP contribution is 2.23. The Morgan fingerprint density at radius 2 is 1.77 bits per heavy atom. The van der Waals surface area contributed by atoms with Gasteiger partial charge in [-0.2, -0.15) is 0 Å². The van der Waals surface area contributed by atoms with Crippen molar-refractivity contribution in [2.45, 2.75) is 39.8 Å². The van der Waals surface area contributed by atoms with Crippen molar-refractivity contribution in [1.82, 2.24) is 10.2 Å². The normalized spacial score (nSPS) is 14.0. The quantitative estimate of drug-likeness (QED) is 0.679. The van der Waals surface area contributed by atoms with Crippen LogP contribution in [-0.4, -0.2) is 44.5 Å². The molecule has 0 bridgehead atoms. The number of nitrogens with one attached hydrogen (secondary N) is 1. The maximum Gasteiger partial charge on any atom is 0.241 e. The summed E-state index contributed by atoms with van der Waals surface area (Å²) >= 11 is 0. The summed E-state index contributed by atoms with van der Waals surface area (Å²) in [5.41, 5.74) is 4.27. The maximum absolute atomic E-state index is 12.5. The minimum absolute atomic E-state index is 0.190. The molecule has 0 spiro atoms. The highest BCUT2D eigenvalue weighted by molar-refractivity contribution is 7.92. The van der Waals surface area contributed by atoms with Gasteiger partial charge in [-0.1, -0.05) is 42.0 Å². The third-order valence-electron chi connectivity index (χ3n) is 5.37. The number of hydrogen-bond donors (Lipinski definition) is 1. The second-order valence-electron chi connectivity index (χ2n) is 8.07. The fourth-order valence-corrected chi connectivity index (χ4v) is 4.62. The van der Waals surface area contributed by atoms with E-state index in [0.29, 0.717) is 25.2 Å². The lowest BCUT2D eigenvalue weighted by Gasteiger charge is -2.24. The third kappa shape index (κ3) is 6.07. The predicted octanol–water partition coefficient (Wildman–Crippen LogP) is 2.51. The molecule has 1 fully saturated rings. The van der Waals surface area contributed by atoms with Crippen LogP contribution < -0.4 is 9.62 Å². The molecular weight excluding hydrogens is 414 g/mol. The summed E-state index contributed by atoms with van der Waals surface area (Å²) < 4.78 is 25.7. The van der Waals surface area contributed by atoms with Crippen molar-refractivity contribution >= 4 is 27.5 Å². The molecule has 7 nitrogen and oxygen atoms in total. The van der Waals surface area contributed by atoms with E-state index >= 15 is 0 Å². The van der Waals surface area contributed by atoms with Crippen LogP contribution in [0.25, 0.3) is 0 Å². The second kappa shape index (κ2) is 9.51. The number of aryl methyl sites for hydroxylation is 2. The number of sulfonamides is 1. The van der Waals surface area contributed by atoms with Crippen LogP contribution in [0.4, 0.5) is 5.69 Å². The summed E-state index contributed by atoms with van der Waals surface area (Å²) in [5, 5.41) is 2.79. The van der Waals surface area contributed by atoms with Gasteiger partial charge in [0.05, 0.1) is 11.9 Å². The number of rotatable bonds is 8. The molecule has 31 heavy (non-hydrogen) atoms. The Balaban J connectivity index is 1.59. The predicted molar refractivity (Wildman–Crippen MR) is 121 cm³/mol. The molecule has 1 N–H and O–H groups in total. The minimum atomic E-state index is -3.61. The molecular formula is C23H29N3O4S. The van der Waals surface area contributed by atoms with E-state index in [0.717, 1.165) is 45.8 Å². The Kier molecular flexibility index (Phi) is 7.00. The number of likely N-dealkylation sites (tertiary alicyclic amines) is 1. The number of carbonyl (C=O) groups is 2. The number of hydrogen-bond acceptors (Lipinski definition) is 4. The van der Waals surface area contributed by atoms with E-state index < -0.39 is 10.0 Å². The molecule has 1 saturated heterocycles. The van der Waals surface area contributed by atoms with Gasteiger partial charge in [0.1, 0.15) is 6.54 Å². The van der Waals surface area contributed by atoms with Crippen molar-refractivity contribution in [2.24, 2.45) is 0 Å². The molecule has 0 saturated carbocycles. The molecule has 0 radical (unpaired) electrons. The summed E-state index contributed by atoms with van der Waals surface area (Å²) in [6.45, 7) is 5.18. The van der Waals surface area contributed by atoms with Crippen LogP contribution >= 0.6 is 0 Å². The van der Waals surface area contributed by atoms with Crippen LogP contribution in [0.1, 0.15) is 35.1 Å². The van der Waals surface area contributed by atoms with Crippen LogP contribution in [0.3, 0.4) is 0 Å². The van der Waals surface area contributed by atoms with Crippen LogP contribution in [0.15, 0.2) is 42.5 Å². The Hall–Kier alpha value is -2.87. The number of anilines is 1. The van der Waals surface area contributed by atoms with Gasteiger partial charge in [0.15, 0.2) is 0 Å². The van der Waals surface area contributed by atoms with Gasteiger partial charge in [-0.05, 0) is 43.0 Å². The van der Waals surface area contributed by atoms with E-state index in [1.165, 1.54) is 0 Å². The molecule has 0 aliphatic carbocycles. The first-order valence-corrected chi connectivity index (χ1v) is 12.2. The van der Waals surface area contributed by atoms with Crippen molar-refractivity contribution < 1.29 is 18.0 Å². The molecule has 0 unspecified atom stereocenters. The minimum Gasteiger partial charge on any atom is -0.350 e. The number of amides is 2. The average Bonchev–Trinajstić information content (AvgIpc) is 3.10. The van der Waals surface area contributed by atoms with E-state index in [9.17, 15) is 18.0 Å². The fraction of sp³-hybridized carbons (Fsp3) is 0.391. The Morgan fingerprint density at radius 3 is 2.35 bits per heavy atom. The third-order valence-corrected chi connectivity index (χ3v) is 6.49. The number of carbonyl (C=O) groups excluding carboxylic acids is 2. The second-order valence-corrected chi connectivity index (χ2v) is 9.98. The summed E-state index contributed by atoms with van der Waals surface area (Å²) in [7, 11) is -3.61. The van der Waals surface area contributed by atoms with E-state index in [2.05, 4.69) is 5.32 Å². The van der Waals surface area contributed by atoms with Gasteiger partial charge < -0.3 is 10.2 Å². The maximum atomic E-state index is 12.5. The molecule has 0 aromatic heterocycles. The standard InChI is InChI=1S/C23H29N3O4S/c1-17-6-11-21(18(2)13-17)26(31(3,29)30)16-22(27)24-14-19-7-9-20(10-8-19)15-25-12-4-5-23(25)28/h6-11,13H,4-5,12,14-16H2,1-3H3,(H,24,27). The van der Waals surface area contributed by atoms with E-state index in [1.807, 2.05) is 55.1 Å². The zero-order valence-electron chi connectivity index (χ0n) is 18.2. The highest BCUT2D eigenvalue weighted by Gasteiger charge is 2.22. The topological polar surface area (TPSA) is 86.8 Å². The average molecular weight is 444 g/mol.